The zero-order chi connectivity index (χ0) is 14.5. The lowest BCUT2D eigenvalue weighted by Gasteiger charge is -2.09. The minimum atomic E-state index is -2.63. The summed E-state index contributed by atoms with van der Waals surface area (Å²) in [5.74, 6) is -0.244. The average molecular weight is 281 g/mol. The van der Waals surface area contributed by atoms with E-state index in [1.54, 1.807) is 24.3 Å². The number of anilines is 1. The van der Waals surface area contributed by atoms with Gasteiger partial charge in [0, 0.05) is 18.1 Å². The van der Waals surface area contributed by atoms with Gasteiger partial charge in [0.05, 0.1) is 19.2 Å². The summed E-state index contributed by atoms with van der Waals surface area (Å²) in [7, 11) is 1.29. The second-order valence-electron chi connectivity index (χ2n) is 3.95. The number of ether oxygens (including phenoxy) is 1. The van der Waals surface area contributed by atoms with Crippen LogP contribution in [-0.2, 0) is 11.3 Å². The van der Waals surface area contributed by atoms with Crippen LogP contribution in [0.1, 0.15) is 22.7 Å². The number of nitrogens with zero attached hydrogens (tertiary/aromatic N) is 2. The Kier molecular flexibility index (Phi) is 4.29. The number of halogens is 2. The maximum absolute atomic E-state index is 12.6. The molecule has 1 aromatic heterocycles. The number of aromatic nitrogens is 2. The van der Waals surface area contributed by atoms with E-state index in [0.29, 0.717) is 11.3 Å². The summed E-state index contributed by atoms with van der Waals surface area (Å²) in [5, 5.41) is 2.94. The number of hydrogen-bond donors (Lipinski definition) is 1. The van der Waals surface area contributed by atoms with E-state index in [0.717, 1.165) is 4.57 Å². The molecule has 5 nitrogen and oxygen atoms in total. The highest BCUT2D eigenvalue weighted by Gasteiger charge is 2.11. The number of imidazole rings is 1. The average Bonchev–Trinajstić information content (AvgIpc) is 2.93. The van der Waals surface area contributed by atoms with Crippen LogP contribution in [0.5, 0.6) is 0 Å². The van der Waals surface area contributed by atoms with Crippen LogP contribution in [0.25, 0.3) is 0 Å². The summed E-state index contributed by atoms with van der Waals surface area (Å²) in [6.07, 6.45) is 2.53. The zero-order valence-corrected chi connectivity index (χ0v) is 10.7. The van der Waals surface area contributed by atoms with Gasteiger partial charge in [-0.15, -0.1) is 0 Å². The van der Waals surface area contributed by atoms with Gasteiger partial charge in [-0.1, -0.05) is 6.07 Å². The second kappa shape index (κ2) is 6.14. The van der Waals surface area contributed by atoms with Crippen molar-refractivity contribution in [3.05, 3.63) is 48.0 Å². The smallest absolute Gasteiger partial charge is 0.337 e. The Morgan fingerprint density at radius 1 is 1.50 bits per heavy atom. The van der Waals surface area contributed by atoms with Crippen molar-refractivity contribution in [1.29, 1.82) is 0 Å². The number of methoxy groups -OCH3 is 1. The standard InChI is InChI=1S/C13H13F2N3O2/c1-20-12(19)9-3-2-4-10(7-9)17-8-11-16-5-6-18(11)13(14)15/h2-7,13,17H,8H2,1H3. The first-order valence-corrected chi connectivity index (χ1v) is 5.84. The van der Waals surface area contributed by atoms with Crippen molar-refractivity contribution in [2.75, 3.05) is 12.4 Å². The molecule has 0 fully saturated rings. The Balaban J connectivity index is 2.07. The van der Waals surface area contributed by atoms with Crippen molar-refractivity contribution in [1.82, 2.24) is 9.55 Å². The predicted molar refractivity (Wildman–Crippen MR) is 68.6 cm³/mol. The molecule has 1 N–H and O–H groups in total. The summed E-state index contributed by atoms with van der Waals surface area (Å²) < 4.78 is 30.7. The third-order valence-electron chi connectivity index (χ3n) is 2.69. The van der Waals surface area contributed by atoms with Crippen molar-refractivity contribution < 1.29 is 18.3 Å². The molecule has 1 aromatic carbocycles. The van der Waals surface area contributed by atoms with E-state index in [2.05, 4.69) is 15.0 Å². The van der Waals surface area contributed by atoms with E-state index in [9.17, 15) is 13.6 Å². The summed E-state index contributed by atoms with van der Waals surface area (Å²) in [6.45, 7) is -2.50. The van der Waals surface area contributed by atoms with Gasteiger partial charge >= 0.3 is 12.5 Å². The lowest BCUT2D eigenvalue weighted by Crippen LogP contribution is -2.09. The monoisotopic (exact) mass is 281 g/mol. The number of carbonyl (C=O) groups excluding carboxylic acids is 1. The van der Waals surface area contributed by atoms with Crippen molar-refractivity contribution >= 4 is 11.7 Å². The van der Waals surface area contributed by atoms with Crippen LogP contribution in [0.15, 0.2) is 36.7 Å². The Morgan fingerprint density at radius 3 is 3.00 bits per heavy atom. The predicted octanol–water partition coefficient (Wildman–Crippen LogP) is 2.68. The normalized spacial score (nSPS) is 10.6. The van der Waals surface area contributed by atoms with Crippen molar-refractivity contribution in [2.24, 2.45) is 0 Å². The molecule has 0 saturated heterocycles. The van der Waals surface area contributed by atoms with E-state index in [-0.39, 0.29) is 12.4 Å². The first-order valence-electron chi connectivity index (χ1n) is 5.84. The fraction of sp³-hybridized carbons (Fsp3) is 0.231. The number of alkyl halides is 2. The van der Waals surface area contributed by atoms with Gasteiger partial charge in [0.2, 0.25) is 0 Å². The fourth-order valence-electron chi connectivity index (χ4n) is 1.71. The van der Waals surface area contributed by atoms with Gasteiger partial charge in [0.25, 0.3) is 0 Å². The Hall–Kier alpha value is -2.44. The molecular weight excluding hydrogens is 268 g/mol. The summed E-state index contributed by atoms with van der Waals surface area (Å²) >= 11 is 0. The lowest BCUT2D eigenvalue weighted by molar-refractivity contribution is 0.0600. The summed E-state index contributed by atoms with van der Waals surface area (Å²) in [4.78, 5) is 15.2. The first kappa shape index (κ1) is 14.0. The van der Waals surface area contributed by atoms with Crippen LogP contribution < -0.4 is 5.32 Å². The second-order valence-corrected chi connectivity index (χ2v) is 3.95. The molecular formula is C13H13F2N3O2. The van der Waals surface area contributed by atoms with Crippen LogP contribution in [-0.4, -0.2) is 22.6 Å². The molecule has 0 aliphatic carbocycles. The van der Waals surface area contributed by atoms with E-state index in [4.69, 9.17) is 0 Å². The molecule has 0 radical (unpaired) electrons. The van der Waals surface area contributed by atoms with Gasteiger partial charge in [-0.3, -0.25) is 4.57 Å². The van der Waals surface area contributed by atoms with Gasteiger partial charge in [-0.05, 0) is 18.2 Å². The highest BCUT2D eigenvalue weighted by Crippen LogP contribution is 2.15. The number of nitrogens with one attached hydrogen (secondary N) is 1. The molecule has 0 saturated carbocycles. The number of esters is 1. The zero-order valence-electron chi connectivity index (χ0n) is 10.7. The van der Waals surface area contributed by atoms with Crippen molar-refractivity contribution in [2.45, 2.75) is 13.1 Å². The van der Waals surface area contributed by atoms with Gasteiger partial charge in [0.15, 0.2) is 0 Å². The number of carbonyl (C=O) groups is 1. The Bertz CT molecular complexity index is 599. The minimum Gasteiger partial charge on any atom is -0.465 e. The molecule has 0 aliphatic heterocycles. The highest BCUT2D eigenvalue weighted by molar-refractivity contribution is 5.90. The van der Waals surface area contributed by atoms with E-state index in [1.807, 2.05) is 0 Å². The molecule has 0 amide bonds. The van der Waals surface area contributed by atoms with Crippen molar-refractivity contribution in [3.8, 4) is 0 Å². The van der Waals surface area contributed by atoms with Gasteiger partial charge in [-0.25, -0.2) is 9.78 Å². The molecule has 0 spiro atoms. The SMILES string of the molecule is COC(=O)c1cccc(NCc2nccn2C(F)F)c1. The summed E-state index contributed by atoms with van der Waals surface area (Å²) in [5.41, 5.74) is 1.01. The third-order valence-corrected chi connectivity index (χ3v) is 2.69. The molecule has 2 aromatic rings. The van der Waals surface area contributed by atoms with Crippen LogP contribution in [0, 0.1) is 0 Å². The topological polar surface area (TPSA) is 56.1 Å². The highest BCUT2D eigenvalue weighted by atomic mass is 19.3. The summed E-state index contributed by atoms with van der Waals surface area (Å²) in [6, 6.07) is 6.59. The van der Waals surface area contributed by atoms with Crippen LogP contribution in [0.3, 0.4) is 0 Å². The molecule has 7 heteroatoms. The maximum Gasteiger partial charge on any atom is 0.337 e. The van der Waals surface area contributed by atoms with Crippen molar-refractivity contribution in [3.63, 3.8) is 0 Å². The largest absolute Gasteiger partial charge is 0.465 e. The molecule has 0 aliphatic rings. The first-order chi connectivity index (χ1) is 9.61. The van der Waals surface area contributed by atoms with Crippen LogP contribution >= 0.6 is 0 Å². The van der Waals surface area contributed by atoms with Gasteiger partial charge in [0.1, 0.15) is 5.82 Å². The molecule has 0 atom stereocenters. The number of benzene rings is 1. The fourth-order valence-corrected chi connectivity index (χ4v) is 1.71. The van der Waals surface area contributed by atoms with Crippen LogP contribution in [0.4, 0.5) is 14.5 Å². The number of rotatable bonds is 5. The molecule has 1 heterocycles. The minimum absolute atomic E-state index is 0.127. The lowest BCUT2D eigenvalue weighted by atomic mass is 10.2. The molecule has 2 rings (SSSR count). The molecule has 20 heavy (non-hydrogen) atoms. The third kappa shape index (κ3) is 3.11. The number of hydrogen-bond acceptors (Lipinski definition) is 4. The van der Waals surface area contributed by atoms with E-state index in [1.165, 1.54) is 19.5 Å². The molecule has 106 valence electrons. The molecule has 0 bridgehead atoms. The quantitative estimate of drug-likeness (QED) is 0.856. The van der Waals surface area contributed by atoms with Gasteiger partial charge in [-0.2, -0.15) is 8.78 Å². The van der Waals surface area contributed by atoms with Gasteiger partial charge < -0.3 is 10.1 Å². The molecule has 0 unspecified atom stereocenters. The maximum atomic E-state index is 12.6. The van der Waals surface area contributed by atoms with Crippen LogP contribution in [0.2, 0.25) is 0 Å². The van der Waals surface area contributed by atoms with E-state index < -0.39 is 12.5 Å². The Labute approximate surface area is 114 Å². The Morgan fingerprint density at radius 2 is 2.30 bits per heavy atom. The van der Waals surface area contributed by atoms with E-state index >= 15 is 0 Å².